The maximum atomic E-state index is 10.8. The second kappa shape index (κ2) is 6.32. The van der Waals surface area contributed by atoms with Gasteiger partial charge in [-0.3, -0.25) is 15.0 Å². The van der Waals surface area contributed by atoms with Gasteiger partial charge in [0, 0.05) is 18.7 Å². The molecule has 1 aromatic rings. The number of likely N-dealkylation sites (N-methyl/N-ethyl adjacent to an activating group) is 1. The van der Waals surface area contributed by atoms with E-state index in [1.54, 1.807) is 12.1 Å². The van der Waals surface area contributed by atoms with E-state index in [4.69, 9.17) is 9.84 Å². The van der Waals surface area contributed by atoms with Crippen molar-refractivity contribution in [2.24, 2.45) is 0 Å². The second-order valence-electron chi connectivity index (χ2n) is 4.21. The van der Waals surface area contributed by atoms with Crippen LogP contribution in [0.15, 0.2) is 18.2 Å². The molecule has 1 atom stereocenters. The summed E-state index contributed by atoms with van der Waals surface area (Å²) in [7, 11) is 3.29. The van der Waals surface area contributed by atoms with E-state index in [1.807, 2.05) is 18.9 Å². The Morgan fingerprint density at radius 2 is 2.22 bits per heavy atom. The number of methoxy groups -OCH3 is 1. The number of hydrogen-bond acceptors (Lipinski definition) is 5. The molecule has 0 aliphatic heterocycles. The highest BCUT2D eigenvalue weighted by Crippen LogP contribution is 2.27. The summed E-state index contributed by atoms with van der Waals surface area (Å²) in [5.41, 5.74) is 0.861. The SMILES string of the molecule is COc1cc(CN(C)C(C)CO)ccc1[N+](=O)[O-]. The van der Waals surface area contributed by atoms with Crippen LogP contribution in [-0.4, -0.2) is 41.7 Å². The number of nitrogens with zero attached hydrogens (tertiary/aromatic N) is 2. The molecular formula is C12H18N2O4. The van der Waals surface area contributed by atoms with E-state index >= 15 is 0 Å². The van der Waals surface area contributed by atoms with Gasteiger partial charge in [-0.2, -0.15) is 0 Å². The number of hydrogen-bond donors (Lipinski definition) is 1. The lowest BCUT2D eigenvalue weighted by Gasteiger charge is -2.22. The van der Waals surface area contributed by atoms with Crippen LogP contribution in [0.25, 0.3) is 0 Å². The number of nitro benzene ring substituents is 1. The van der Waals surface area contributed by atoms with E-state index in [0.29, 0.717) is 6.54 Å². The van der Waals surface area contributed by atoms with Gasteiger partial charge in [0.05, 0.1) is 18.6 Å². The highest BCUT2D eigenvalue weighted by atomic mass is 16.6. The van der Waals surface area contributed by atoms with E-state index in [1.165, 1.54) is 13.2 Å². The van der Waals surface area contributed by atoms with Crippen LogP contribution in [0.1, 0.15) is 12.5 Å². The lowest BCUT2D eigenvalue weighted by molar-refractivity contribution is -0.385. The van der Waals surface area contributed by atoms with Gasteiger partial charge in [-0.05, 0) is 25.6 Å². The highest BCUT2D eigenvalue weighted by Gasteiger charge is 2.16. The Balaban J connectivity index is 2.89. The Morgan fingerprint density at radius 3 is 2.72 bits per heavy atom. The minimum atomic E-state index is -0.470. The van der Waals surface area contributed by atoms with Gasteiger partial charge in [-0.1, -0.05) is 6.07 Å². The number of ether oxygens (including phenoxy) is 1. The fourth-order valence-electron chi connectivity index (χ4n) is 1.55. The monoisotopic (exact) mass is 254 g/mol. The quantitative estimate of drug-likeness (QED) is 0.613. The summed E-state index contributed by atoms with van der Waals surface area (Å²) in [5.74, 6) is 0.252. The molecule has 0 amide bonds. The average Bonchev–Trinajstić information content (AvgIpc) is 2.37. The van der Waals surface area contributed by atoms with Crippen molar-refractivity contribution in [1.29, 1.82) is 0 Å². The summed E-state index contributed by atoms with van der Waals surface area (Å²) >= 11 is 0. The predicted molar refractivity (Wildman–Crippen MR) is 67.7 cm³/mol. The zero-order chi connectivity index (χ0) is 13.7. The van der Waals surface area contributed by atoms with Crippen molar-refractivity contribution < 1.29 is 14.8 Å². The molecule has 0 fully saturated rings. The molecule has 0 bridgehead atoms. The second-order valence-corrected chi connectivity index (χ2v) is 4.21. The maximum Gasteiger partial charge on any atom is 0.310 e. The average molecular weight is 254 g/mol. The molecule has 6 nitrogen and oxygen atoms in total. The molecule has 18 heavy (non-hydrogen) atoms. The van der Waals surface area contributed by atoms with E-state index in [9.17, 15) is 10.1 Å². The van der Waals surface area contributed by atoms with Crippen LogP contribution in [0.5, 0.6) is 5.75 Å². The lowest BCUT2D eigenvalue weighted by atomic mass is 10.1. The molecule has 0 radical (unpaired) electrons. The molecule has 1 N–H and O–H groups in total. The molecule has 1 unspecified atom stereocenters. The van der Waals surface area contributed by atoms with Gasteiger partial charge in [0.1, 0.15) is 0 Å². The Bertz CT molecular complexity index is 423. The van der Waals surface area contributed by atoms with Crippen molar-refractivity contribution in [3.63, 3.8) is 0 Å². The standard InChI is InChI=1S/C12H18N2O4/c1-9(8-15)13(2)7-10-4-5-11(14(16)17)12(6-10)18-3/h4-6,9,15H,7-8H2,1-3H3. The van der Waals surface area contributed by atoms with Gasteiger partial charge in [0.15, 0.2) is 5.75 Å². The van der Waals surface area contributed by atoms with Gasteiger partial charge in [0.2, 0.25) is 0 Å². The Hall–Kier alpha value is -1.66. The first kappa shape index (κ1) is 14.4. The van der Waals surface area contributed by atoms with Crippen LogP contribution in [0.3, 0.4) is 0 Å². The first-order valence-electron chi connectivity index (χ1n) is 5.62. The number of nitro groups is 1. The molecular weight excluding hydrogens is 236 g/mol. The Labute approximate surface area is 106 Å². The van der Waals surface area contributed by atoms with E-state index in [-0.39, 0.29) is 24.1 Å². The third-order valence-corrected chi connectivity index (χ3v) is 2.89. The van der Waals surface area contributed by atoms with Crippen LogP contribution in [0.2, 0.25) is 0 Å². The van der Waals surface area contributed by atoms with Crippen LogP contribution in [0.4, 0.5) is 5.69 Å². The van der Waals surface area contributed by atoms with Gasteiger partial charge in [0.25, 0.3) is 0 Å². The van der Waals surface area contributed by atoms with Crippen LogP contribution >= 0.6 is 0 Å². The summed E-state index contributed by atoms with van der Waals surface area (Å²) in [5, 5.41) is 19.8. The number of rotatable bonds is 6. The fraction of sp³-hybridized carbons (Fsp3) is 0.500. The topological polar surface area (TPSA) is 75.8 Å². The summed E-state index contributed by atoms with van der Waals surface area (Å²) in [6.07, 6.45) is 0. The largest absolute Gasteiger partial charge is 0.490 e. The minimum Gasteiger partial charge on any atom is -0.490 e. The molecule has 1 rings (SSSR count). The predicted octanol–water partition coefficient (Wildman–Crippen LogP) is 1.42. The van der Waals surface area contributed by atoms with Gasteiger partial charge >= 0.3 is 5.69 Å². The molecule has 0 saturated heterocycles. The molecule has 1 aromatic carbocycles. The molecule has 0 saturated carbocycles. The molecule has 6 heteroatoms. The number of aliphatic hydroxyl groups excluding tert-OH is 1. The normalized spacial score (nSPS) is 12.5. The van der Waals surface area contributed by atoms with Crippen molar-refractivity contribution in [2.75, 3.05) is 20.8 Å². The molecule has 0 aromatic heterocycles. The summed E-state index contributed by atoms with van der Waals surface area (Å²) in [6.45, 7) is 2.57. The first-order chi connectivity index (χ1) is 8.49. The van der Waals surface area contributed by atoms with Gasteiger partial charge in [-0.15, -0.1) is 0 Å². The number of benzene rings is 1. The van der Waals surface area contributed by atoms with Crippen molar-refractivity contribution in [1.82, 2.24) is 4.90 Å². The molecule has 0 aliphatic carbocycles. The van der Waals surface area contributed by atoms with Crippen LogP contribution in [-0.2, 0) is 6.54 Å². The first-order valence-corrected chi connectivity index (χ1v) is 5.62. The zero-order valence-corrected chi connectivity index (χ0v) is 10.8. The third-order valence-electron chi connectivity index (χ3n) is 2.89. The van der Waals surface area contributed by atoms with E-state index in [2.05, 4.69) is 0 Å². The van der Waals surface area contributed by atoms with Crippen molar-refractivity contribution in [2.45, 2.75) is 19.5 Å². The molecule has 100 valence electrons. The summed E-state index contributed by atoms with van der Waals surface area (Å²) < 4.78 is 5.01. The van der Waals surface area contributed by atoms with Crippen molar-refractivity contribution in [3.8, 4) is 5.75 Å². The third kappa shape index (κ3) is 3.41. The van der Waals surface area contributed by atoms with Crippen molar-refractivity contribution >= 4 is 5.69 Å². The van der Waals surface area contributed by atoms with Gasteiger partial charge in [-0.25, -0.2) is 0 Å². The number of aliphatic hydroxyl groups is 1. The Morgan fingerprint density at radius 1 is 1.56 bits per heavy atom. The molecule has 0 aliphatic rings. The summed E-state index contributed by atoms with van der Waals surface area (Å²) in [6, 6.07) is 4.82. The fourth-order valence-corrected chi connectivity index (χ4v) is 1.55. The maximum absolute atomic E-state index is 10.8. The summed E-state index contributed by atoms with van der Waals surface area (Å²) in [4.78, 5) is 12.2. The highest BCUT2D eigenvalue weighted by molar-refractivity contribution is 5.48. The zero-order valence-electron chi connectivity index (χ0n) is 10.8. The van der Waals surface area contributed by atoms with Crippen LogP contribution in [0, 0.1) is 10.1 Å². The minimum absolute atomic E-state index is 0.0335. The van der Waals surface area contributed by atoms with E-state index in [0.717, 1.165) is 5.56 Å². The lowest BCUT2D eigenvalue weighted by Crippen LogP contribution is -2.31. The van der Waals surface area contributed by atoms with Crippen LogP contribution < -0.4 is 4.74 Å². The molecule has 0 spiro atoms. The van der Waals surface area contributed by atoms with Gasteiger partial charge < -0.3 is 9.84 Å². The van der Waals surface area contributed by atoms with E-state index < -0.39 is 4.92 Å². The van der Waals surface area contributed by atoms with Crippen molar-refractivity contribution in [3.05, 3.63) is 33.9 Å². The molecule has 0 heterocycles. The smallest absolute Gasteiger partial charge is 0.310 e. The Kier molecular flexibility index (Phi) is 5.06.